The number of benzene rings is 1. The molecule has 0 bridgehead atoms. The Hall–Kier alpha value is -0.960. The van der Waals surface area contributed by atoms with Crippen molar-refractivity contribution in [3.63, 3.8) is 0 Å². The van der Waals surface area contributed by atoms with Crippen molar-refractivity contribution in [3.8, 4) is 0 Å². The molecule has 2 nitrogen and oxygen atoms in total. The van der Waals surface area contributed by atoms with Crippen LogP contribution in [0, 0.1) is 6.92 Å². The zero-order chi connectivity index (χ0) is 11.1. The molecule has 0 N–H and O–H groups in total. The van der Waals surface area contributed by atoms with Crippen LogP contribution in [0.1, 0.15) is 17.5 Å². The third kappa shape index (κ3) is 4.88. The average molecular weight is 224 g/mol. The SMILES string of the molecule is COC(=O)CCSCc1cccc(C)c1. The molecule has 0 unspecified atom stereocenters. The monoisotopic (exact) mass is 224 g/mol. The van der Waals surface area contributed by atoms with E-state index in [1.807, 2.05) is 0 Å². The Morgan fingerprint density at radius 3 is 2.93 bits per heavy atom. The molecule has 0 aliphatic carbocycles. The summed E-state index contributed by atoms with van der Waals surface area (Å²) in [6.45, 7) is 2.09. The summed E-state index contributed by atoms with van der Waals surface area (Å²) in [6.07, 6.45) is 0.493. The number of thioether (sulfide) groups is 1. The highest BCUT2D eigenvalue weighted by Gasteiger charge is 2.00. The molecule has 0 saturated carbocycles. The highest BCUT2D eigenvalue weighted by molar-refractivity contribution is 7.98. The van der Waals surface area contributed by atoms with Gasteiger partial charge in [-0.05, 0) is 12.5 Å². The number of ether oxygens (including phenoxy) is 1. The van der Waals surface area contributed by atoms with Crippen molar-refractivity contribution in [2.75, 3.05) is 12.9 Å². The van der Waals surface area contributed by atoms with Crippen molar-refractivity contribution < 1.29 is 9.53 Å². The molecule has 1 aromatic carbocycles. The molecule has 3 heteroatoms. The average Bonchev–Trinajstić information content (AvgIpc) is 2.24. The summed E-state index contributed by atoms with van der Waals surface area (Å²) in [7, 11) is 1.42. The van der Waals surface area contributed by atoms with Crippen molar-refractivity contribution in [2.24, 2.45) is 0 Å². The van der Waals surface area contributed by atoms with Gasteiger partial charge in [0.15, 0.2) is 0 Å². The lowest BCUT2D eigenvalue weighted by atomic mass is 10.2. The summed E-state index contributed by atoms with van der Waals surface area (Å²) in [5, 5.41) is 0. The number of esters is 1. The first-order valence-corrected chi connectivity index (χ1v) is 6.08. The predicted molar refractivity (Wildman–Crippen MR) is 64.0 cm³/mol. The van der Waals surface area contributed by atoms with Crippen molar-refractivity contribution in [1.29, 1.82) is 0 Å². The van der Waals surface area contributed by atoms with Gasteiger partial charge in [0.2, 0.25) is 0 Å². The lowest BCUT2D eigenvalue weighted by Crippen LogP contribution is -2.01. The minimum absolute atomic E-state index is 0.133. The zero-order valence-corrected chi connectivity index (χ0v) is 9.97. The molecule has 0 fully saturated rings. The van der Waals surface area contributed by atoms with E-state index in [0.717, 1.165) is 11.5 Å². The van der Waals surface area contributed by atoms with Crippen LogP contribution in [0.5, 0.6) is 0 Å². The highest BCUT2D eigenvalue weighted by atomic mass is 32.2. The summed E-state index contributed by atoms with van der Waals surface area (Å²) >= 11 is 1.76. The van der Waals surface area contributed by atoms with Crippen LogP contribution in [0.4, 0.5) is 0 Å². The molecule has 0 aliphatic heterocycles. The van der Waals surface area contributed by atoms with Gasteiger partial charge in [0, 0.05) is 11.5 Å². The number of methoxy groups -OCH3 is 1. The van der Waals surface area contributed by atoms with E-state index in [4.69, 9.17) is 0 Å². The van der Waals surface area contributed by atoms with Crippen LogP contribution in [-0.2, 0) is 15.3 Å². The van der Waals surface area contributed by atoms with Gasteiger partial charge in [-0.3, -0.25) is 4.79 Å². The minimum atomic E-state index is -0.133. The van der Waals surface area contributed by atoms with Crippen molar-refractivity contribution in [3.05, 3.63) is 35.4 Å². The topological polar surface area (TPSA) is 26.3 Å². The first-order valence-electron chi connectivity index (χ1n) is 4.92. The van der Waals surface area contributed by atoms with E-state index in [9.17, 15) is 4.79 Å². The Morgan fingerprint density at radius 1 is 1.47 bits per heavy atom. The molecule has 1 rings (SSSR count). The summed E-state index contributed by atoms with van der Waals surface area (Å²) < 4.78 is 4.57. The molecule has 0 heterocycles. The van der Waals surface area contributed by atoms with E-state index in [2.05, 4.69) is 35.9 Å². The fraction of sp³-hybridized carbons (Fsp3) is 0.417. The number of hydrogen-bond donors (Lipinski definition) is 0. The van der Waals surface area contributed by atoms with Crippen LogP contribution < -0.4 is 0 Å². The quantitative estimate of drug-likeness (QED) is 0.568. The zero-order valence-electron chi connectivity index (χ0n) is 9.16. The molecular formula is C12H16O2S. The van der Waals surface area contributed by atoms with Gasteiger partial charge in [0.1, 0.15) is 0 Å². The van der Waals surface area contributed by atoms with E-state index in [0.29, 0.717) is 6.42 Å². The Kier molecular flexibility index (Phi) is 5.26. The van der Waals surface area contributed by atoms with Crippen molar-refractivity contribution >= 4 is 17.7 Å². The van der Waals surface area contributed by atoms with Crippen LogP contribution in [0.2, 0.25) is 0 Å². The fourth-order valence-corrected chi connectivity index (χ4v) is 2.12. The second-order valence-electron chi connectivity index (χ2n) is 3.37. The fourth-order valence-electron chi connectivity index (χ4n) is 1.25. The van der Waals surface area contributed by atoms with E-state index in [-0.39, 0.29) is 5.97 Å². The van der Waals surface area contributed by atoms with Gasteiger partial charge < -0.3 is 4.74 Å². The highest BCUT2D eigenvalue weighted by Crippen LogP contribution is 2.14. The number of carbonyl (C=O) groups excluding carboxylic acids is 1. The van der Waals surface area contributed by atoms with Gasteiger partial charge in [0.25, 0.3) is 0 Å². The van der Waals surface area contributed by atoms with Crippen LogP contribution in [0.25, 0.3) is 0 Å². The minimum Gasteiger partial charge on any atom is -0.469 e. The molecule has 0 atom stereocenters. The summed E-state index contributed by atoms with van der Waals surface area (Å²) in [5.41, 5.74) is 2.59. The van der Waals surface area contributed by atoms with E-state index < -0.39 is 0 Å². The van der Waals surface area contributed by atoms with Gasteiger partial charge in [-0.2, -0.15) is 11.8 Å². The van der Waals surface area contributed by atoms with E-state index in [1.54, 1.807) is 11.8 Å². The Bertz CT molecular complexity index is 323. The first kappa shape index (κ1) is 12.1. The molecule has 0 saturated heterocycles. The summed E-state index contributed by atoms with van der Waals surface area (Å²) in [6, 6.07) is 8.43. The van der Waals surface area contributed by atoms with E-state index >= 15 is 0 Å². The third-order valence-electron chi connectivity index (χ3n) is 2.03. The van der Waals surface area contributed by atoms with Gasteiger partial charge in [-0.1, -0.05) is 29.8 Å². The van der Waals surface area contributed by atoms with Crippen LogP contribution >= 0.6 is 11.8 Å². The largest absolute Gasteiger partial charge is 0.469 e. The number of rotatable bonds is 5. The molecular weight excluding hydrogens is 208 g/mol. The smallest absolute Gasteiger partial charge is 0.306 e. The van der Waals surface area contributed by atoms with Crippen molar-refractivity contribution in [1.82, 2.24) is 0 Å². The second-order valence-corrected chi connectivity index (χ2v) is 4.47. The Balaban J connectivity index is 2.23. The van der Waals surface area contributed by atoms with Crippen LogP contribution in [0.15, 0.2) is 24.3 Å². The molecule has 0 aromatic heterocycles. The van der Waals surface area contributed by atoms with Crippen molar-refractivity contribution in [2.45, 2.75) is 19.1 Å². The molecule has 0 radical (unpaired) electrons. The maximum Gasteiger partial charge on any atom is 0.306 e. The third-order valence-corrected chi connectivity index (χ3v) is 3.06. The summed E-state index contributed by atoms with van der Waals surface area (Å²) in [5.74, 6) is 1.64. The molecule has 0 aliphatic rings. The van der Waals surface area contributed by atoms with Crippen LogP contribution in [0.3, 0.4) is 0 Å². The number of aryl methyl sites for hydroxylation is 1. The molecule has 0 spiro atoms. The van der Waals surface area contributed by atoms with Gasteiger partial charge in [-0.15, -0.1) is 0 Å². The van der Waals surface area contributed by atoms with Gasteiger partial charge in [0.05, 0.1) is 13.5 Å². The molecule has 1 aromatic rings. The lowest BCUT2D eigenvalue weighted by Gasteiger charge is -2.02. The van der Waals surface area contributed by atoms with Gasteiger partial charge >= 0.3 is 5.97 Å². The summed E-state index contributed by atoms with van der Waals surface area (Å²) in [4.78, 5) is 10.8. The molecule has 0 amide bonds. The lowest BCUT2D eigenvalue weighted by molar-refractivity contribution is -0.140. The maximum absolute atomic E-state index is 10.8. The van der Waals surface area contributed by atoms with Gasteiger partial charge in [-0.25, -0.2) is 0 Å². The van der Waals surface area contributed by atoms with Crippen LogP contribution in [-0.4, -0.2) is 18.8 Å². The maximum atomic E-state index is 10.8. The Morgan fingerprint density at radius 2 is 2.27 bits per heavy atom. The Labute approximate surface area is 95.0 Å². The number of carbonyl (C=O) groups is 1. The standard InChI is InChI=1S/C12H16O2S/c1-10-4-3-5-11(8-10)9-15-7-6-12(13)14-2/h3-5,8H,6-7,9H2,1-2H3. The predicted octanol–water partition coefficient (Wildman–Crippen LogP) is 2.79. The number of hydrogen-bond acceptors (Lipinski definition) is 3. The molecule has 82 valence electrons. The second kappa shape index (κ2) is 6.51. The first-order chi connectivity index (χ1) is 7.22. The van der Waals surface area contributed by atoms with E-state index in [1.165, 1.54) is 18.2 Å². The molecule has 15 heavy (non-hydrogen) atoms. The normalized spacial score (nSPS) is 10.0.